The van der Waals surface area contributed by atoms with Crippen molar-refractivity contribution in [1.82, 2.24) is 14.3 Å². The van der Waals surface area contributed by atoms with E-state index in [0.717, 1.165) is 35.2 Å². The molecule has 6 heteroatoms. The van der Waals surface area contributed by atoms with Gasteiger partial charge in [-0.15, -0.1) is 0 Å². The van der Waals surface area contributed by atoms with Gasteiger partial charge in [0.2, 0.25) is 10.0 Å². The number of nitrogens with zero attached hydrogens (tertiary/aromatic N) is 3. The smallest absolute Gasteiger partial charge is 0.236 e. The molecule has 0 amide bonds. The minimum absolute atomic E-state index is 0.0411. The molecule has 0 aliphatic carbocycles. The van der Waals surface area contributed by atoms with Gasteiger partial charge < -0.3 is 0 Å². The molecule has 2 aliphatic rings. The standard InChI is InChI=1S/C22H21N3O2S/c1-15-7-5-6-10-21(15)28(26,27)25-17-11-12-20(25)18-14-23-22(24-19(18)13-17)16-8-3-2-4-9-16/h2-10,14,17,20H,11-13H2,1H3. The van der Waals surface area contributed by atoms with E-state index in [2.05, 4.69) is 4.98 Å². The second-order valence-electron chi connectivity index (χ2n) is 7.51. The van der Waals surface area contributed by atoms with Gasteiger partial charge in [-0.25, -0.2) is 18.4 Å². The van der Waals surface area contributed by atoms with E-state index in [9.17, 15) is 8.42 Å². The van der Waals surface area contributed by atoms with Crippen molar-refractivity contribution in [2.45, 2.75) is 43.2 Å². The van der Waals surface area contributed by atoms with Crippen LogP contribution < -0.4 is 0 Å². The molecule has 2 aromatic carbocycles. The predicted octanol–water partition coefficient (Wildman–Crippen LogP) is 3.90. The van der Waals surface area contributed by atoms with Crippen LogP contribution in [0.4, 0.5) is 0 Å². The lowest BCUT2D eigenvalue weighted by Gasteiger charge is -2.35. The Morgan fingerprint density at radius 2 is 1.75 bits per heavy atom. The van der Waals surface area contributed by atoms with Crippen molar-refractivity contribution in [2.75, 3.05) is 0 Å². The van der Waals surface area contributed by atoms with Crippen molar-refractivity contribution in [3.63, 3.8) is 0 Å². The summed E-state index contributed by atoms with van der Waals surface area (Å²) in [6.45, 7) is 1.85. The highest BCUT2D eigenvalue weighted by molar-refractivity contribution is 7.89. The van der Waals surface area contributed by atoms with Crippen LogP contribution in [-0.4, -0.2) is 28.7 Å². The van der Waals surface area contributed by atoms with E-state index in [1.807, 2.05) is 55.6 Å². The summed E-state index contributed by atoms with van der Waals surface area (Å²) in [6.07, 6.45) is 4.14. The molecule has 3 heterocycles. The molecular formula is C22H21N3O2S. The molecule has 5 nitrogen and oxygen atoms in total. The first-order chi connectivity index (χ1) is 13.6. The normalized spacial score (nSPS) is 21.5. The molecule has 5 rings (SSSR count). The average molecular weight is 391 g/mol. The Labute approximate surface area is 165 Å². The zero-order valence-electron chi connectivity index (χ0n) is 15.6. The first-order valence-corrected chi connectivity index (χ1v) is 11.0. The summed E-state index contributed by atoms with van der Waals surface area (Å²) in [4.78, 5) is 9.75. The molecule has 28 heavy (non-hydrogen) atoms. The van der Waals surface area contributed by atoms with E-state index in [1.165, 1.54) is 0 Å². The Balaban J connectivity index is 1.56. The number of aromatic nitrogens is 2. The van der Waals surface area contributed by atoms with E-state index < -0.39 is 10.0 Å². The Kier molecular flexibility index (Phi) is 4.07. The van der Waals surface area contributed by atoms with Crippen LogP contribution in [0.5, 0.6) is 0 Å². The molecule has 0 N–H and O–H groups in total. The van der Waals surface area contributed by atoms with E-state index >= 15 is 0 Å². The first kappa shape index (κ1) is 17.5. The number of fused-ring (bicyclic) bond motifs is 4. The van der Waals surface area contributed by atoms with Crippen LogP contribution in [-0.2, 0) is 16.4 Å². The molecule has 0 radical (unpaired) electrons. The van der Waals surface area contributed by atoms with Crippen LogP contribution >= 0.6 is 0 Å². The Morgan fingerprint density at radius 3 is 2.54 bits per heavy atom. The molecule has 2 bridgehead atoms. The summed E-state index contributed by atoms with van der Waals surface area (Å²) in [5.74, 6) is 0.703. The fourth-order valence-electron chi connectivity index (χ4n) is 4.48. The molecule has 142 valence electrons. The van der Waals surface area contributed by atoms with Crippen LogP contribution in [0.3, 0.4) is 0 Å². The van der Waals surface area contributed by atoms with Gasteiger partial charge in [0.05, 0.1) is 16.6 Å². The van der Waals surface area contributed by atoms with Gasteiger partial charge in [0.1, 0.15) is 0 Å². The Morgan fingerprint density at radius 1 is 1.00 bits per heavy atom. The predicted molar refractivity (Wildman–Crippen MR) is 107 cm³/mol. The van der Waals surface area contributed by atoms with Crippen LogP contribution in [0, 0.1) is 6.92 Å². The minimum atomic E-state index is -3.56. The second-order valence-corrected chi connectivity index (χ2v) is 9.32. The van der Waals surface area contributed by atoms with Crippen molar-refractivity contribution in [3.8, 4) is 11.4 Å². The van der Waals surface area contributed by atoms with E-state index in [-0.39, 0.29) is 12.1 Å². The molecule has 1 aromatic heterocycles. The van der Waals surface area contributed by atoms with Gasteiger partial charge >= 0.3 is 0 Å². The molecule has 3 aromatic rings. The average Bonchev–Trinajstić information content (AvgIpc) is 3.05. The fourth-order valence-corrected chi connectivity index (χ4v) is 6.56. The maximum absolute atomic E-state index is 13.5. The number of sulfonamides is 1. The summed E-state index contributed by atoms with van der Waals surface area (Å²) in [5.41, 5.74) is 3.69. The molecule has 0 saturated carbocycles. The molecule has 2 atom stereocenters. The maximum Gasteiger partial charge on any atom is 0.244 e. The Hall–Kier alpha value is -2.57. The molecule has 1 saturated heterocycles. The zero-order valence-corrected chi connectivity index (χ0v) is 16.4. The summed E-state index contributed by atoms with van der Waals surface area (Å²) in [7, 11) is -3.56. The third kappa shape index (κ3) is 2.67. The quantitative estimate of drug-likeness (QED) is 0.679. The van der Waals surface area contributed by atoms with Crippen molar-refractivity contribution in [3.05, 3.63) is 77.6 Å². The van der Waals surface area contributed by atoms with Crippen molar-refractivity contribution < 1.29 is 8.42 Å². The third-order valence-corrected chi connectivity index (χ3v) is 7.93. The summed E-state index contributed by atoms with van der Waals surface area (Å²) >= 11 is 0. The highest BCUT2D eigenvalue weighted by atomic mass is 32.2. The van der Waals surface area contributed by atoms with E-state index in [1.54, 1.807) is 16.4 Å². The first-order valence-electron chi connectivity index (χ1n) is 9.56. The summed E-state index contributed by atoms with van der Waals surface area (Å²) in [5, 5.41) is 0. The van der Waals surface area contributed by atoms with Crippen molar-refractivity contribution >= 4 is 10.0 Å². The maximum atomic E-state index is 13.5. The lowest BCUT2D eigenvalue weighted by Crippen LogP contribution is -2.42. The molecule has 2 unspecified atom stereocenters. The van der Waals surface area contributed by atoms with Crippen LogP contribution in [0.25, 0.3) is 11.4 Å². The van der Waals surface area contributed by atoms with Gasteiger partial charge in [-0.1, -0.05) is 48.5 Å². The molecule has 0 spiro atoms. The number of hydrogen-bond acceptors (Lipinski definition) is 4. The zero-order chi connectivity index (χ0) is 19.3. The number of aryl methyl sites for hydroxylation is 1. The Bertz CT molecular complexity index is 1150. The number of rotatable bonds is 3. The highest BCUT2D eigenvalue weighted by Gasteiger charge is 2.47. The molecular weight excluding hydrogens is 370 g/mol. The lowest BCUT2D eigenvalue weighted by atomic mass is 10.0. The van der Waals surface area contributed by atoms with Gasteiger partial charge in [0.25, 0.3) is 0 Å². The van der Waals surface area contributed by atoms with Crippen LogP contribution in [0.15, 0.2) is 65.7 Å². The highest BCUT2D eigenvalue weighted by Crippen LogP contribution is 2.46. The van der Waals surface area contributed by atoms with E-state index in [4.69, 9.17) is 4.98 Å². The number of hydrogen-bond donors (Lipinski definition) is 0. The van der Waals surface area contributed by atoms with Gasteiger partial charge in [0.15, 0.2) is 5.82 Å². The molecule has 2 aliphatic heterocycles. The van der Waals surface area contributed by atoms with Crippen molar-refractivity contribution in [1.29, 1.82) is 0 Å². The third-order valence-electron chi connectivity index (χ3n) is 5.81. The lowest BCUT2D eigenvalue weighted by molar-refractivity contribution is 0.300. The SMILES string of the molecule is Cc1ccccc1S(=O)(=O)N1C2CCC1c1cnc(-c3ccccc3)nc1C2. The van der Waals surface area contributed by atoms with Gasteiger partial charge in [-0.05, 0) is 31.4 Å². The minimum Gasteiger partial charge on any atom is -0.236 e. The topological polar surface area (TPSA) is 63.2 Å². The van der Waals surface area contributed by atoms with Gasteiger partial charge in [0, 0.05) is 29.8 Å². The van der Waals surface area contributed by atoms with Crippen LogP contribution in [0.1, 0.15) is 35.7 Å². The second kappa shape index (κ2) is 6.50. The summed E-state index contributed by atoms with van der Waals surface area (Å²) in [6, 6.07) is 16.9. The van der Waals surface area contributed by atoms with E-state index in [0.29, 0.717) is 17.1 Å². The van der Waals surface area contributed by atoms with Crippen LogP contribution in [0.2, 0.25) is 0 Å². The molecule has 1 fully saturated rings. The monoisotopic (exact) mass is 391 g/mol. The van der Waals surface area contributed by atoms with Gasteiger partial charge in [-0.3, -0.25) is 0 Å². The van der Waals surface area contributed by atoms with Gasteiger partial charge in [-0.2, -0.15) is 4.31 Å². The summed E-state index contributed by atoms with van der Waals surface area (Å²) < 4.78 is 28.6. The fraction of sp³-hybridized carbons (Fsp3) is 0.273. The largest absolute Gasteiger partial charge is 0.244 e. The van der Waals surface area contributed by atoms with Crippen molar-refractivity contribution in [2.24, 2.45) is 0 Å². The number of benzene rings is 2.